The second-order valence-electron chi connectivity index (χ2n) is 7.68. The molecule has 2 aliphatic rings. The minimum atomic E-state index is -0.665. The maximum absolute atomic E-state index is 14.2. The fourth-order valence-corrected chi connectivity index (χ4v) is 3.92. The predicted molar refractivity (Wildman–Crippen MR) is 112 cm³/mol. The lowest BCUT2D eigenvalue weighted by atomic mass is 9.84. The highest BCUT2D eigenvalue weighted by Crippen LogP contribution is 2.30. The molecule has 1 unspecified atom stereocenters. The molecular weight excluding hydrogens is 433 g/mol. The van der Waals surface area contributed by atoms with Gasteiger partial charge in [0.2, 0.25) is 5.91 Å². The van der Waals surface area contributed by atoms with E-state index in [1.807, 2.05) is 6.07 Å². The van der Waals surface area contributed by atoms with Crippen LogP contribution in [0.1, 0.15) is 36.8 Å². The van der Waals surface area contributed by atoms with E-state index in [-0.39, 0.29) is 36.6 Å². The topological polar surface area (TPSA) is 41.9 Å². The van der Waals surface area contributed by atoms with Gasteiger partial charge in [-0.2, -0.15) is 0 Å². The van der Waals surface area contributed by atoms with Crippen LogP contribution >= 0.6 is 23.2 Å². The first kappa shape index (κ1) is 21.1. The van der Waals surface area contributed by atoms with Gasteiger partial charge in [-0.15, -0.1) is 0 Å². The normalized spacial score (nSPS) is 18.5. The lowest BCUT2D eigenvalue weighted by Gasteiger charge is -2.32. The van der Waals surface area contributed by atoms with Gasteiger partial charge in [0.15, 0.2) is 6.10 Å². The van der Waals surface area contributed by atoms with Gasteiger partial charge < -0.3 is 9.74 Å². The molecule has 1 amide bonds. The summed E-state index contributed by atoms with van der Waals surface area (Å²) in [7, 11) is 0. The van der Waals surface area contributed by atoms with E-state index in [2.05, 4.69) is 5.16 Å². The first-order valence-electron chi connectivity index (χ1n) is 9.81. The summed E-state index contributed by atoms with van der Waals surface area (Å²) >= 11 is 12.1. The van der Waals surface area contributed by atoms with Crippen molar-refractivity contribution in [3.8, 4) is 0 Å². The summed E-state index contributed by atoms with van der Waals surface area (Å²) in [6.07, 6.45) is 2.80. The fourth-order valence-electron chi connectivity index (χ4n) is 3.62. The molecule has 4 nitrogen and oxygen atoms in total. The number of amides is 1. The Kier molecular flexibility index (Phi) is 6.25. The Morgan fingerprint density at radius 2 is 1.93 bits per heavy atom. The highest BCUT2D eigenvalue weighted by Gasteiger charge is 2.33. The molecule has 1 aliphatic heterocycles. The molecule has 1 heterocycles. The van der Waals surface area contributed by atoms with Gasteiger partial charge >= 0.3 is 0 Å². The van der Waals surface area contributed by atoms with Crippen LogP contribution < -0.4 is 0 Å². The summed E-state index contributed by atoms with van der Waals surface area (Å²) in [4.78, 5) is 20.1. The van der Waals surface area contributed by atoms with Gasteiger partial charge in [0.25, 0.3) is 0 Å². The van der Waals surface area contributed by atoms with Crippen LogP contribution in [0.2, 0.25) is 10.0 Å². The van der Waals surface area contributed by atoms with Gasteiger partial charge in [-0.1, -0.05) is 46.9 Å². The number of rotatable bonds is 6. The van der Waals surface area contributed by atoms with Crippen molar-refractivity contribution in [2.45, 2.75) is 38.3 Å². The Balaban J connectivity index is 1.46. The van der Waals surface area contributed by atoms with Gasteiger partial charge in [-0.05, 0) is 31.0 Å². The molecule has 2 aromatic rings. The Morgan fingerprint density at radius 3 is 2.60 bits per heavy atom. The highest BCUT2D eigenvalue weighted by atomic mass is 35.5. The highest BCUT2D eigenvalue weighted by molar-refractivity contribution is 6.42. The number of oxime groups is 1. The van der Waals surface area contributed by atoms with E-state index in [1.54, 1.807) is 17.0 Å². The monoisotopic (exact) mass is 452 g/mol. The van der Waals surface area contributed by atoms with Crippen LogP contribution in [0.3, 0.4) is 0 Å². The summed E-state index contributed by atoms with van der Waals surface area (Å²) in [5.74, 6) is -1.39. The maximum Gasteiger partial charge on any atom is 0.226 e. The lowest BCUT2D eigenvalue weighted by Crippen LogP contribution is -2.42. The molecule has 0 N–H and O–H groups in total. The van der Waals surface area contributed by atoms with Crippen molar-refractivity contribution in [3.05, 3.63) is 69.2 Å². The zero-order valence-electron chi connectivity index (χ0n) is 16.1. The second-order valence-corrected chi connectivity index (χ2v) is 8.50. The number of carbonyl (C=O) groups is 1. The van der Waals surface area contributed by atoms with Crippen molar-refractivity contribution < 1.29 is 18.4 Å². The van der Waals surface area contributed by atoms with E-state index in [0.717, 1.165) is 30.9 Å². The van der Waals surface area contributed by atoms with Crippen LogP contribution in [0, 0.1) is 17.6 Å². The van der Waals surface area contributed by atoms with E-state index in [4.69, 9.17) is 28.0 Å². The minimum Gasteiger partial charge on any atom is -0.390 e. The lowest BCUT2D eigenvalue weighted by molar-refractivity contribution is -0.140. The zero-order valence-corrected chi connectivity index (χ0v) is 17.6. The molecule has 1 aliphatic carbocycles. The van der Waals surface area contributed by atoms with Gasteiger partial charge in [-0.3, -0.25) is 4.79 Å². The number of hydrogen-bond acceptors (Lipinski definition) is 3. The fraction of sp³-hybridized carbons (Fsp3) is 0.364. The van der Waals surface area contributed by atoms with Crippen molar-refractivity contribution in [3.63, 3.8) is 0 Å². The Bertz CT molecular complexity index is 995. The van der Waals surface area contributed by atoms with Gasteiger partial charge in [0.1, 0.15) is 11.6 Å². The van der Waals surface area contributed by atoms with Gasteiger partial charge in [-0.25, -0.2) is 8.78 Å². The van der Waals surface area contributed by atoms with Crippen molar-refractivity contribution in [1.29, 1.82) is 0 Å². The number of benzene rings is 2. The molecule has 1 saturated carbocycles. The number of carbonyl (C=O) groups excluding carboxylic acids is 1. The molecule has 0 radical (unpaired) electrons. The Morgan fingerprint density at radius 1 is 1.13 bits per heavy atom. The van der Waals surface area contributed by atoms with E-state index >= 15 is 0 Å². The van der Waals surface area contributed by atoms with Gasteiger partial charge in [0.05, 0.1) is 22.3 Å². The molecule has 8 heteroatoms. The third kappa shape index (κ3) is 4.60. The largest absolute Gasteiger partial charge is 0.390 e. The molecule has 4 rings (SSSR count). The molecule has 0 aromatic heterocycles. The van der Waals surface area contributed by atoms with Crippen LogP contribution in [0.25, 0.3) is 0 Å². The summed E-state index contributed by atoms with van der Waals surface area (Å²) in [6, 6.07) is 8.63. The SMILES string of the molecule is O=C(C1CCC1)N(Cc1ccc(F)cc1F)CC1CC(c2ccc(Cl)c(Cl)c2)=NO1. The molecule has 2 aromatic carbocycles. The third-order valence-electron chi connectivity index (χ3n) is 5.55. The number of nitrogens with zero attached hydrogens (tertiary/aromatic N) is 2. The molecule has 0 saturated heterocycles. The minimum absolute atomic E-state index is 0.0310. The molecule has 0 bridgehead atoms. The Labute approximate surface area is 183 Å². The van der Waals surface area contributed by atoms with Crippen LogP contribution in [-0.2, 0) is 16.2 Å². The van der Waals surface area contributed by atoms with E-state index < -0.39 is 11.6 Å². The molecule has 0 spiro atoms. The first-order chi connectivity index (χ1) is 14.4. The maximum atomic E-state index is 14.2. The van der Waals surface area contributed by atoms with E-state index in [9.17, 15) is 13.6 Å². The molecule has 30 heavy (non-hydrogen) atoms. The predicted octanol–water partition coefficient (Wildman–Crippen LogP) is 5.59. The van der Waals surface area contributed by atoms with Crippen molar-refractivity contribution in [2.24, 2.45) is 11.1 Å². The van der Waals surface area contributed by atoms with Crippen LogP contribution in [-0.4, -0.2) is 29.2 Å². The first-order valence-corrected chi connectivity index (χ1v) is 10.6. The average molecular weight is 453 g/mol. The van der Waals surface area contributed by atoms with E-state index in [0.29, 0.717) is 22.2 Å². The number of hydrogen-bond donors (Lipinski definition) is 0. The van der Waals surface area contributed by atoms with Crippen molar-refractivity contribution in [2.75, 3.05) is 6.54 Å². The van der Waals surface area contributed by atoms with E-state index in [1.165, 1.54) is 12.1 Å². The summed E-state index contributed by atoms with van der Waals surface area (Å²) in [5, 5.41) is 5.02. The van der Waals surface area contributed by atoms with Crippen molar-refractivity contribution >= 4 is 34.8 Å². The Hall–Kier alpha value is -2.18. The molecule has 1 atom stereocenters. The smallest absolute Gasteiger partial charge is 0.226 e. The molecule has 1 fully saturated rings. The summed E-state index contributed by atoms with van der Waals surface area (Å²) < 4.78 is 27.4. The average Bonchev–Trinajstić information content (AvgIpc) is 3.12. The molecule has 158 valence electrons. The quantitative estimate of drug-likeness (QED) is 0.572. The third-order valence-corrected chi connectivity index (χ3v) is 6.29. The van der Waals surface area contributed by atoms with Gasteiger partial charge in [0, 0.05) is 36.1 Å². The van der Waals surface area contributed by atoms with Crippen LogP contribution in [0.4, 0.5) is 8.78 Å². The summed E-state index contributed by atoms with van der Waals surface area (Å²) in [6.45, 7) is 0.323. The van der Waals surface area contributed by atoms with Crippen LogP contribution in [0.15, 0.2) is 41.6 Å². The summed E-state index contributed by atoms with van der Waals surface area (Å²) in [5.41, 5.74) is 1.78. The second kappa shape index (κ2) is 8.90. The molecular formula is C22H20Cl2F2N2O2. The zero-order chi connectivity index (χ0) is 21.3. The number of halogens is 4. The van der Waals surface area contributed by atoms with Crippen molar-refractivity contribution in [1.82, 2.24) is 4.90 Å². The van der Waals surface area contributed by atoms with Crippen LogP contribution in [0.5, 0.6) is 0 Å². The standard InChI is InChI=1S/C22H20Cl2F2N2O2/c23-18-7-5-14(8-19(18)24)21-10-17(30-27-21)12-28(22(29)13-2-1-3-13)11-15-4-6-16(25)9-20(15)26/h4-9,13,17H,1-3,10-12H2.